The monoisotopic (exact) mass is 334 g/mol. The molecule has 0 spiro atoms. The van der Waals surface area contributed by atoms with Crippen LogP contribution in [0.3, 0.4) is 0 Å². The van der Waals surface area contributed by atoms with Crippen LogP contribution >= 0.6 is 0 Å². The van der Waals surface area contributed by atoms with Crippen molar-refractivity contribution in [3.63, 3.8) is 0 Å². The molecular weight excluding hydrogens is 312 g/mol. The van der Waals surface area contributed by atoms with E-state index in [0.717, 1.165) is 22.4 Å². The molecule has 0 fully saturated rings. The Kier molecular flexibility index (Phi) is 5.29. The smallest absolute Gasteiger partial charge is 0.220 e. The summed E-state index contributed by atoms with van der Waals surface area (Å²) in [6.07, 6.45) is 2.64. The Hall–Kier alpha value is -2.88. The summed E-state index contributed by atoms with van der Waals surface area (Å²) in [4.78, 5) is 12.2. The second-order valence-corrected chi connectivity index (χ2v) is 6.26. The van der Waals surface area contributed by atoms with Crippen LogP contribution in [0.5, 0.6) is 0 Å². The zero-order valence-electron chi connectivity index (χ0n) is 14.6. The van der Waals surface area contributed by atoms with E-state index in [0.29, 0.717) is 19.4 Å². The van der Waals surface area contributed by atoms with Gasteiger partial charge in [0, 0.05) is 24.1 Å². The number of rotatable bonds is 6. The molecule has 25 heavy (non-hydrogen) atoms. The Morgan fingerprint density at radius 3 is 2.56 bits per heavy atom. The number of aryl methyl sites for hydroxylation is 3. The van der Waals surface area contributed by atoms with Gasteiger partial charge in [-0.3, -0.25) is 4.79 Å². The Balaban J connectivity index is 1.57. The Labute approximate surface area is 147 Å². The minimum absolute atomic E-state index is 0.0271. The lowest BCUT2D eigenvalue weighted by molar-refractivity contribution is -0.121. The molecule has 1 amide bonds. The van der Waals surface area contributed by atoms with Crippen LogP contribution in [-0.2, 0) is 17.8 Å². The van der Waals surface area contributed by atoms with Gasteiger partial charge in [0.15, 0.2) is 0 Å². The van der Waals surface area contributed by atoms with E-state index in [-0.39, 0.29) is 5.91 Å². The van der Waals surface area contributed by atoms with E-state index in [1.807, 2.05) is 62.4 Å². The Morgan fingerprint density at radius 1 is 1.04 bits per heavy atom. The molecule has 0 aliphatic rings. The summed E-state index contributed by atoms with van der Waals surface area (Å²) in [7, 11) is 0. The highest BCUT2D eigenvalue weighted by molar-refractivity contribution is 5.76. The van der Waals surface area contributed by atoms with Crippen LogP contribution in [0, 0.1) is 13.8 Å². The third-order valence-electron chi connectivity index (χ3n) is 4.33. The Bertz CT molecular complexity index is 850. The van der Waals surface area contributed by atoms with Crippen molar-refractivity contribution in [1.29, 1.82) is 0 Å². The number of hydrogen-bond acceptors (Lipinski definition) is 3. The molecule has 128 valence electrons. The maximum Gasteiger partial charge on any atom is 0.220 e. The minimum atomic E-state index is 0.0271. The molecule has 3 aromatic rings. The first-order valence-electron chi connectivity index (χ1n) is 8.45. The van der Waals surface area contributed by atoms with Crippen LogP contribution in [0.1, 0.15) is 28.7 Å². The first kappa shape index (κ1) is 17.0. The van der Waals surface area contributed by atoms with Gasteiger partial charge in [0.1, 0.15) is 12.0 Å². The van der Waals surface area contributed by atoms with E-state index in [9.17, 15) is 4.79 Å². The summed E-state index contributed by atoms with van der Waals surface area (Å²) >= 11 is 0. The van der Waals surface area contributed by atoms with E-state index >= 15 is 0 Å². The lowest BCUT2D eigenvalue weighted by atomic mass is 10.0. The van der Waals surface area contributed by atoms with Gasteiger partial charge < -0.3 is 9.84 Å². The van der Waals surface area contributed by atoms with Crippen molar-refractivity contribution in [1.82, 2.24) is 10.5 Å². The van der Waals surface area contributed by atoms with Gasteiger partial charge in [-0.15, -0.1) is 0 Å². The molecule has 3 rings (SSSR count). The van der Waals surface area contributed by atoms with Gasteiger partial charge in [0.25, 0.3) is 0 Å². The fourth-order valence-corrected chi connectivity index (χ4v) is 2.72. The van der Waals surface area contributed by atoms with Crippen LogP contribution < -0.4 is 5.32 Å². The van der Waals surface area contributed by atoms with Crippen molar-refractivity contribution in [2.75, 3.05) is 0 Å². The zero-order valence-corrected chi connectivity index (χ0v) is 14.6. The summed E-state index contributed by atoms with van der Waals surface area (Å²) in [5.74, 6) is 0.0271. The van der Waals surface area contributed by atoms with Crippen LogP contribution in [0.15, 0.2) is 59.3 Å². The molecule has 0 atom stereocenters. The zero-order chi connectivity index (χ0) is 17.6. The van der Waals surface area contributed by atoms with Gasteiger partial charge in [-0.05, 0) is 31.4 Å². The number of nitrogens with zero attached hydrogens (tertiary/aromatic N) is 1. The molecule has 0 aliphatic heterocycles. The summed E-state index contributed by atoms with van der Waals surface area (Å²) in [5, 5.41) is 7.07. The summed E-state index contributed by atoms with van der Waals surface area (Å²) < 4.78 is 5.13. The van der Waals surface area contributed by atoms with Gasteiger partial charge in [0.2, 0.25) is 5.91 Å². The van der Waals surface area contributed by atoms with Gasteiger partial charge in [-0.25, -0.2) is 0 Å². The molecule has 1 N–H and O–H groups in total. The molecule has 4 heteroatoms. The third-order valence-corrected chi connectivity index (χ3v) is 4.33. The number of nitrogens with one attached hydrogen (secondary N) is 1. The highest BCUT2D eigenvalue weighted by atomic mass is 16.5. The number of hydrogen-bond donors (Lipinski definition) is 1. The van der Waals surface area contributed by atoms with E-state index < -0.39 is 0 Å². The molecular formula is C21H22N2O2. The van der Waals surface area contributed by atoms with Gasteiger partial charge in [-0.2, -0.15) is 0 Å². The van der Waals surface area contributed by atoms with Crippen molar-refractivity contribution in [3.05, 3.63) is 77.0 Å². The highest BCUT2D eigenvalue weighted by Gasteiger charge is 2.12. The topological polar surface area (TPSA) is 55.1 Å². The van der Waals surface area contributed by atoms with Crippen LogP contribution in [0.25, 0.3) is 11.3 Å². The average molecular weight is 334 g/mol. The second kappa shape index (κ2) is 7.79. The molecule has 1 heterocycles. The summed E-state index contributed by atoms with van der Waals surface area (Å²) in [5.41, 5.74) is 6.30. The predicted octanol–water partition coefficient (Wildman–Crippen LogP) is 4.21. The second-order valence-electron chi connectivity index (χ2n) is 6.26. The van der Waals surface area contributed by atoms with Gasteiger partial charge in [0.05, 0.1) is 0 Å². The molecule has 1 aromatic heterocycles. The van der Waals surface area contributed by atoms with Gasteiger partial charge in [-0.1, -0.05) is 59.3 Å². The predicted molar refractivity (Wildman–Crippen MR) is 98.0 cm³/mol. The van der Waals surface area contributed by atoms with Gasteiger partial charge >= 0.3 is 0 Å². The van der Waals surface area contributed by atoms with E-state index in [4.69, 9.17) is 4.52 Å². The first-order valence-corrected chi connectivity index (χ1v) is 8.45. The molecule has 0 saturated heterocycles. The van der Waals surface area contributed by atoms with Crippen LogP contribution in [0.4, 0.5) is 0 Å². The Morgan fingerprint density at radius 2 is 1.80 bits per heavy atom. The largest absolute Gasteiger partial charge is 0.364 e. The molecule has 0 radical (unpaired) electrons. The van der Waals surface area contributed by atoms with Crippen LogP contribution in [0.2, 0.25) is 0 Å². The molecule has 4 nitrogen and oxygen atoms in total. The van der Waals surface area contributed by atoms with Crippen molar-refractivity contribution in [2.24, 2.45) is 0 Å². The molecule has 0 aliphatic carbocycles. The molecule has 0 bridgehead atoms. The quantitative estimate of drug-likeness (QED) is 0.735. The normalized spacial score (nSPS) is 10.6. The third kappa shape index (κ3) is 4.35. The first-order chi connectivity index (χ1) is 12.1. The number of carbonyl (C=O) groups excluding carboxylic acids is 1. The van der Waals surface area contributed by atoms with Crippen molar-refractivity contribution < 1.29 is 9.32 Å². The lowest BCUT2D eigenvalue weighted by Gasteiger charge is -2.08. The minimum Gasteiger partial charge on any atom is -0.364 e. The number of carbonyl (C=O) groups is 1. The number of benzene rings is 2. The number of amides is 1. The van der Waals surface area contributed by atoms with Crippen molar-refractivity contribution in [3.8, 4) is 11.3 Å². The molecule has 2 aromatic carbocycles. The summed E-state index contributed by atoms with van der Waals surface area (Å²) in [6, 6.07) is 16.2. The fourth-order valence-electron chi connectivity index (χ4n) is 2.72. The highest BCUT2D eigenvalue weighted by Crippen LogP contribution is 2.23. The van der Waals surface area contributed by atoms with E-state index in [1.165, 1.54) is 11.1 Å². The number of aromatic nitrogens is 1. The van der Waals surface area contributed by atoms with E-state index in [2.05, 4.69) is 10.5 Å². The lowest BCUT2D eigenvalue weighted by Crippen LogP contribution is -2.23. The standard InChI is InChI=1S/C21H22N2O2/c1-15-7-9-17(10-8-15)21-19(14-25-23-21)11-12-20(24)22-13-18-6-4-3-5-16(18)2/h3-10,14H,11-13H2,1-2H3,(H,22,24). The summed E-state index contributed by atoms with van der Waals surface area (Å²) in [6.45, 7) is 4.65. The van der Waals surface area contributed by atoms with Crippen molar-refractivity contribution in [2.45, 2.75) is 33.2 Å². The average Bonchev–Trinajstić information content (AvgIpc) is 3.08. The van der Waals surface area contributed by atoms with E-state index in [1.54, 1.807) is 6.26 Å². The SMILES string of the molecule is Cc1ccc(-c2nocc2CCC(=O)NCc2ccccc2C)cc1. The molecule has 0 saturated carbocycles. The maximum atomic E-state index is 12.2. The maximum absolute atomic E-state index is 12.2. The van der Waals surface area contributed by atoms with Crippen LogP contribution in [-0.4, -0.2) is 11.1 Å². The molecule has 0 unspecified atom stereocenters. The fraction of sp³-hybridized carbons (Fsp3) is 0.238. The van der Waals surface area contributed by atoms with Crippen molar-refractivity contribution >= 4 is 5.91 Å².